The second kappa shape index (κ2) is 7.00. The monoisotopic (exact) mass is 336 g/mol. The van der Waals surface area contributed by atoms with Crippen molar-refractivity contribution in [3.05, 3.63) is 0 Å². The van der Waals surface area contributed by atoms with E-state index >= 15 is 0 Å². The molecular formula is C18H32N4O2. The summed E-state index contributed by atoms with van der Waals surface area (Å²) in [7, 11) is 1.92. The molecule has 6 heteroatoms. The van der Waals surface area contributed by atoms with Crippen LogP contribution in [-0.2, 0) is 9.59 Å². The largest absolute Gasteiger partial charge is 0.335 e. The van der Waals surface area contributed by atoms with Crippen LogP contribution >= 0.6 is 0 Å². The molecule has 3 aliphatic rings. The van der Waals surface area contributed by atoms with Crippen molar-refractivity contribution < 1.29 is 9.59 Å². The van der Waals surface area contributed by atoms with E-state index in [-0.39, 0.29) is 36.0 Å². The summed E-state index contributed by atoms with van der Waals surface area (Å²) in [6.07, 6.45) is 4.96. The van der Waals surface area contributed by atoms with Gasteiger partial charge in [0.1, 0.15) is 0 Å². The quantitative estimate of drug-likeness (QED) is 0.786. The molecule has 2 aliphatic carbocycles. The van der Waals surface area contributed by atoms with Crippen LogP contribution in [0.15, 0.2) is 0 Å². The van der Waals surface area contributed by atoms with Crippen LogP contribution in [0, 0.1) is 11.8 Å². The third-order valence-electron chi connectivity index (χ3n) is 6.13. The molecule has 2 amide bonds. The van der Waals surface area contributed by atoms with E-state index in [1.807, 2.05) is 11.9 Å². The first-order valence-electron chi connectivity index (χ1n) is 9.43. The highest BCUT2D eigenvalue weighted by atomic mass is 16.2. The molecule has 24 heavy (non-hydrogen) atoms. The van der Waals surface area contributed by atoms with Gasteiger partial charge in [-0.2, -0.15) is 0 Å². The van der Waals surface area contributed by atoms with E-state index in [2.05, 4.69) is 17.1 Å². The first kappa shape index (κ1) is 17.7. The fraction of sp³-hybridized carbons (Fsp3) is 0.889. The Hall–Kier alpha value is -1.14. The molecule has 3 fully saturated rings. The van der Waals surface area contributed by atoms with Crippen molar-refractivity contribution in [3.63, 3.8) is 0 Å². The molecule has 0 radical (unpaired) electrons. The summed E-state index contributed by atoms with van der Waals surface area (Å²) in [6.45, 7) is 5.20. The van der Waals surface area contributed by atoms with Crippen LogP contribution in [0.5, 0.6) is 0 Å². The standard InChI is InChI=1S/C18H32N4O2/c1-11-10-21(18(24)13-4-5-13)17-8-14(15(19)9-20-3)6-7-16(17)22(11)12(2)23/h11,13-17,20H,4-10,19H2,1-3H3/t11-,14?,15?,16?,17?/m0/s1. The smallest absolute Gasteiger partial charge is 0.226 e. The summed E-state index contributed by atoms with van der Waals surface area (Å²) in [5.41, 5.74) is 6.35. The second-order valence-corrected chi connectivity index (χ2v) is 7.97. The van der Waals surface area contributed by atoms with Gasteiger partial charge in [0.05, 0.1) is 12.1 Å². The minimum Gasteiger partial charge on any atom is -0.335 e. The van der Waals surface area contributed by atoms with Gasteiger partial charge >= 0.3 is 0 Å². The Morgan fingerprint density at radius 2 is 1.92 bits per heavy atom. The average Bonchev–Trinajstić information content (AvgIpc) is 3.37. The maximum atomic E-state index is 12.8. The van der Waals surface area contributed by atoms with Gasteiger partial charge in [-0.15, -0.1) is 0 Å². The number of nitrogens with zero attached hydrogens (tertiary/aromatic N) is 2. The lowest BCUT2D eigenvalue weighted by Gasteiger charge is -2.54. The Balaban J connectivity index is 1.81. The Morgan fingerprint density at radius 3 is 2.50 bits per heavy atom. The van der Waals surface area contributed by atoms with E-state index in [0.717, 1.165) is 38.6 Å². The summed E-state index contributed by atoms with van der Waals surface area (Å²) in [4.78, 5) is 29.1. The van der Waals surface area contributed by atoms with Crippen molar-refractivity contribution in [3.8, 4) is 0 Å². The molecule has 1 saturated heterocycles. The van der Waals surface area contributed by atoms with Crippen molar-refractivity contribution in [2.75, 3.05) is 20.1 Å². The Bertz CT molecular complexity index is 493. The highest BCUT2D eigenvalue weighted by Crippen LogP contribution is 2.40. The predicted octanol–water partition coefficient (Wildman–Crippen LogP) is 0.560. The van der Waals surface area contributed by atoms with E-state index < -0.39 is 0 Å². The van der Waals surface area contributed by atoms with E-state index in [1.165, 1.54) is 0 Å². The molecule has 0 bridgehead atoms. The van der Waals surface area contributed by atoms with Crippen molar-refractivity contribution in [2.24, 2.45) is 17.6 Å². The SMILES string of the molecule is CNCC(N)C1CCC2C(C1)N(C(=O)C1CC1)C[C@H](C)N2C(C)=O. The number of carbonyl (C=O) groups excluding carboxylic acids is 2. The van der Waals surface area contributed by atoms with Crippen LogP contribution in [0.3, 0.4) is 0 Å². The highest BCUT2D eigenvalue weighted by molar-refractivity contribution is 5.82. The summed E-state index contributed by atoms with van der Waals surface area (Å²) < 4.78 is 0. The fourth-order valence-corrected chi connectivity index (χ4v) is 4.81. The molecule has 1 aliphatic heterocycles. The van der Waals surface area contributed by atoms with Gasteiger partial charge in [0.15, 0.2) is 0 Å². The molecule has 1 heterocycles. The zero-order valence-electron chi connectivity index (χ0n) is 15.2. The van der Waals surface area contributed by atoms with Crippen LogP contribution in [-0.4, -0.2) is 65.9 Å². The fourth-order valence-electron chi connectivity index (χ4n) is 4.81. The molecule has 3 N–H and O–H groups in total. The molecule has 0 spiro atoms. The van der Waals surface area contributed by atoms with Crippen LogP contribution in [0.4, 0.5) is 0 Å². The molecule has 136 valence electrons. The average molecular weight is 336 g/mol. The maximum absolute atomic E-state index is 12.8. The van der Waals surface area contributed by atoms with Gasteiger partial charge in [-0.05, 0) is 52.0 Å². The van der Waals surface area contributed by atoms with Crippen molar-refractivity contribution in [2.45, 2.75) is 70.1 Å². The summed E-state index contributed by atoms with van der Waals surface area (Å²) in [5, 5.41) is 3.16. The van der Waals surface area contributed by atoms with Crippen LogP contribution in [0.1, 0.15) is 46.0 Å². The zero-order chi connectivity index (χ0) is 17.4. The minimum atomic E-state index is 0.106. The van der Waals surface area contributed by atoms with Crippen LogP contribution < -0.4 is 11.1 Å². The number of amides is 2. The lowest BCUT2D eigenvalue weighted by atomic mass is 9.75. The number of fused-ring (bicyclic) bond motifs is 1. The van der Waals surface area contributed by atoms with Crippen molar-refractivity contribution in [1.29, 1.82) is 0 Å². The molecule has 5 atom stereocenters. The number of rotatable bonds is 4. The number of likely N-dealkylation sites (N-methyl/N-ethyl adjacent to an activating group) is 1. The molecular weight excluding hydrogens is 304 g/mol. The summed E-state index contributed by atoms with van der Waals surface area (Å²) in [5.74, 6) is 1.08. The Labute approximate surface area is 145 Å². The lowest BCUT2D eigenvalue weighted by Crippen LogP contribution is -2.67. The third-order valence-corrected chi connectivity index (χ3v) is 6.13. The molecule has 4 unspecified atom stereocenters. The third kappa shape index (κ3) is 3.31. The topological polar surface area (TPSA) is 78.7 Å². The van der Waals surface area contributed by atoms with Gasteiger partial charge in [0.25, 0.3) is 0 Å². The Morgan fingerprint density at radius 1 is 1.21 bits per heavy atom. The zero-order valence-corrected chi connectivity index (χ0v) is 15.2. The molecule has 6 nitrogen and oxygen atoms in total. The van der Waals surface area contributed by atoms with Crippen molar-refractivity contribution in [1.82, 2.24) is 15.1 Å². The van der Waals surface area contributed by atoms with E-state index in [0.29, 0.717) is 18.4 Å². The Kier molecular flexibility index (Phi) is 5.16. The predicted molar refractivity (Wildman–Crippen MR) is 93.2 cm³/mol. The van der Waals surface area contributed by atoms with Gasteiger partial charge in [0.2, 0.25) is 11.8 Å². The first-order chi connectivity index (χ1) is 11.4. The number of carbonyl (C=O) groups is 2. The van der Waals surface area contributed by atoms with Gasteiger partial charge in [0, 0.05) is 38.0 Å². The van der Waals surface area contributed by atoms with E-state index in [1.54, 1.807) is 6.92 Å². The molecule has 2 saturated carbocycles. The normalized spacial score (nSPS) is 34.7. The second-order valence-electron chi connectivity index (χ2n) is 7.97. The van der Waals surface area contributed by atoms with Gasteiger partial charge in [-0.1, -0.05) is 0 Å². The van der Waals surface area contributed by atoms with Crippen LogP contribution in [0.2, 0.25) is 0 Å². The molecule has 0 aromatic carbocycles. The van der Waals surface area contributed by atoms with Crippen LogP contribution in [0.25, 0.3) is 0 Å². The number of nitrogens with two attached hydrogens (primary N) is 1. The van der Waals surface area contributed by atoms with Gasteiger partial charge in [-0.25, -0.2) is 0 Å². The number of nitrogens with one attached hydrogen (secondary N) is 1. The minimum absolute atomic E-state index is 0.106. The summed E-state index contributed by atoms with van der Waals surface area (Å²) in [6, 6.07) is 0.514. The lowest BCUT2D eigenvalue weighted by molar-refractivity contribution is -0.155. The number of piperazine rings is 1. The van der Waals surface area contributed by atoms with Gasteiger partial charge in [-0.3, -0.25) is 9.59 Å². The number of hydrogen-bond donors (Lipinski definition) is 2. The maximum Gasteiger partial charge on any atom is 0.226 e. The molecule has 3 rings (SSSR count). The van der Waals surface area contributed by atoms with E-state index in [4.69, 9.17) is 5.73 Å². The van der Waals surface area contributed by atoms with Gasteiger partial charge < -0.3 is 20.9 Å². The highest BCUT2D eigenvalue weighted by Gasteiger charge is 2.48. The first-order valence-corrected chi connectivity index (χ1v) is 9.43. The van der Waals surface area contributed by atoms with Crippen molar-refractivity contribution >= 4 is 11.8 Å². The molecule has 0 aromatic rings. The number of hydrogen-bond acceptors (Lipinski definition) is 4. The van der Waals surface area contributed by atoms with E-state index in [9.17, 15) is 9.59 Å². The summed E-state index contributed by atoms with van der Waals surface area (Å²) >= 11 is 0. The molecule has 0 aromatic heterocycles.